The van der Waals surface area contributed by atoms with Crippen LogP contribution < -0.4 is 5.32 Å². The van der Waals surface area contributed by atoms with E-state index in [4.69, 9.17) is 4.42 Å². The number of nitrogens with one attached hydrogen (secondary N) is 1. The van der Waals surface area contributed by atoms with Crippen molar-refractivity contribution in [2.75, 3.05) is 5.32 Å². The minimum absolute atomic E-state index is 0.256. The van der Waals surface area contributed by atoms with Gasteiger partial charge in [-0.1, -0.05) is 0 Å². The van der Waals surface area contributed by atoms with Crippen molar-refractivity contribution in [3.63, 3.8) is 0 Å². The number of nitro groups is 1. The molecule has 0 bridgehead atoms. The molecule has 0 unspecified atom stereocenters. The maximum Gasteiger partial charge on any atom is 0.433 e. The lowest BCUT2D eigenvalue weighted by molar-refractivity contribution is -0.402. The van der Waals surface area contributed by atoms with Crippen molar-refractivity contribution in [2.45, 2.75) is 6.54 Å². The van der Waals surface area contributed by atoms with Gasteiger partial charge >= 0.3 is 5.88 Å². The topological polar surface area (TPSA) is 99.0 Å². The molecule has 0 saturated carbocycles. The zero-order valence-electron chi connectivity index (χ0n) is 10.8. The first-order valence-electron chi connectivity index (χ1n) is 6.14. The van der Waals surface area contributed by atoms with Gasteiger partial charge < -0.3 is 9.73 Å². The van der Waals surface area contributed by atoms with Gasteiger partial charge in [0.1, 0.15) is 23.3 Å². The van der Waals surface area contributed by atoms with Gasteiger partial charge in [0.2, 0.25) is 0 Å². The Morgan fingerprint density at radius 3 is 2.67 bits per heavy atom. The lowest BCUT2D eigenvalue weighted by atomic mass is 10.3. The zero-order valence-corrected chi connectivity index (χ0v) is 10.8. The average Bonchev–Trinajstić information content (AvgIpc) is 3.17. The Morgan fingerprint density at radius 2 is 2.05 bits per heavy atom. The van der Waals surface area contributed by atoms with Crippen LogP contribution in [0.5, 0.6) is 0 Å². The number of hydrogen-bond donors (Lipinski definition) is 1. The standard InChI is InChI=1S/C13H11N5O3/c19-18(20)13-6-5-12(21-13)7-15-10-1-3-11(4-2-10)17-9-14-8-16-17/h1-6,8-9,15H,7H2. The smallest absolute Gasteiger partial charge is 0.404 e. The summed E-state index contributed by atoms with van der Waals surface area (Å²) in [5, 5.41) is 17.7. The summed E-state index contributed by atoms with van der Waals surface area (Å²) < 4.78 is 6.72. The molecule has 0 fully saturated rings. The van der Waals surface area contributed by atoms with E-state index >= 15 is 0 Å². The third-order valence-corrected chi connectivity index (χ3v) is 2.84. The van der Waals surface area contributed by atoms with Crippen LogP contribution in [0.25, 0.3) is 5.69 Å². The molecule has 3 aromatic rings. The monoisotopic (exact) mass is 285 g/mol. The Kier molecular flexibility index (Phi) is 3.34. The number of rotatable bonds is 5. The maximum atomic E-state index is 10.5. The highest BCUT2D eigenvalue weighted by Crippen LogP contribution is 2.18. The van der Waals surface area contributed by atoms with Crippen LogP contribution in [0.2, 0.25) is 0 Å². The van der Waals surface area contributed by atoms with E-state index in [1.54, 1.807) is 17.1 Å². The predicted molar refractivity (Wildman–Crippen MR) is 74.0 cm³/mol. The number of benzene rings is 1. The number of furan rings is 1. The summed E-state index contributed by atoms with van der Waals surface area (Å²) in [5.41, 5.74) is 1.77. The molecule has 0 aliphatic carbocycles. The molecule has 0 spiro atoms. The Hall–Kier alpha value is -3.16. The summed E-state index contributed by atoms with van der Waals surface area (Å²) in [6.45, 7) is 0.372. The highest BCUT2D eigenvalue weighted by molar-refractivity contribution is 5.48. The van der Waals surface area contributed by atoms with Crippen molar-refractivity contribution >= 4 is 11.6 Å². The molecule has 106 valence electrons. The minimum Gasteiger partial charge on any atom is -0.404 e. The fourth-order valence-corrected chi connectivity index (χ4v) is 1.82. The molecule has 21 heavy (non-hydrogen) atoms. The molecule has 0 amide bonds. The lowest BCUT2D eigenvalue weighted by Gasteiger charge is -2.05. The van der Waals surface area contributed by atoms with E-state index in [1.165, 1.54) is 12.4 Å². The molecule has 8 nitrogen and oxygen atoms in total. The van der Waals surface area contributed by atoms with Gasteiger partial charge in [0.05, 0.1) is 18.3 Å². The van der Waals surface area contributed by atoms with Crippen LogP contribution in [-0.4, -0.2) is 19.7 Å². The third kappa shape index (κ3) is 2.89. The summed E-state index contributed by atoms with van der Waals surface area (Å²) in [4.78, 5) is 13.8. The van der Waals surface area contributed by atoms with E-state index in [9.17, 15) is 10.1 Å². The van der Waals surface area contributed by atoms with E-state index < -0.39 is 4.92 Å². The number of hydrogen-bond acceptors (Lipinski definition) is 6. The van der Waals surface area contributed by atoms with Crippen molar-refractivity contribution in [2.24, 2.45) is 0 Å². The highest BCUT2D eigenvalue weighted by Gasteiger charge is 2.11. The van der Waals surface area contributed by atoms with Gasteiger partial charge in [-0.2, -0.15) is 5.10 Å². The van der Waals surface area contributed by atoms with Crippen LogP contribution in [0.1, 0.15) is 5.76 Å². The van der Waals surface area contributed by atoms with Crippen LogP contribution in [-0.2, 0) is 6.54 Å². The van der Waals surface area contributed by atoms with Gasteiger partial charge in [-0.25, -0.2) is 9.67 Å². The van der Waals surface area contributed by atoms with Crippen LogP contribution in [0.3, 0.4) is 0 Å². The molecule has 2 heterocycles. The van der Waals surface area contributed by atoms with Gasteiger partial charge in [0, 0.05) is 5.69 Å². The summed E-state index contributed by atoms with van der Waals surface area (Å²) in [6, 6.07) is 10.5. The van der Waals surface area contributed by atoms with Crippen LogP contribution in [0.15, 0.2) is 53.5 Å². The molecule has 3 rings (SSSR count). The van der Waals surface area contributed by atoms with E-state index in [0.717, 1.165) is 11.4 Å². The Labute approximate surface area is 119 Å². The van der Waals surface area contributed by atoms with E-state index in [0.29, 0.717) is 12.3 Å². The zero-order chi connectivity index (χ0) is 14.7. The molecule has 0 aliphatic heterocycles. The third-order valence-electron chi connectivity index (χ3n) is 2.84. The SMILES string of the molecule is O=[N+]([O-])c1ccc(CNc2ccc(-n3cncn3)cc2)o1. The van der Waals surface area contributed by atoms with Crippen LogP contribution in [0, 0.1) is 10.1 Å². The molecule has 8 heteroatoms. The predicted octanol–water partition coefficient (Wildman–Crippen LogP) is 2.38. The summed E-state index contributed by atoms with van der Waals surface area (Å²) in [6.07, 6.45) is 3.08. The van der Waals surface area contributed by atoms with Crippen LogP contribution >= 0.6 is 0 Å². The molecule has 1 N–H and O–H groups in total. The van der Waals surface area contributed by atoms with E-state index in [1.807, 2.05) is 24.3 Å². The molecule has 1 aromatic carbocycles. The summed E-state index contributed by atoms with van der Waals surface area (Å²) in [5.74, 6) is 0.246. The van der Waals surface area contributed by atoms with Crippen molar-refractivity contribution in [1.82, 2.24) is 14.8 Å². The first-order chi connectivity index (χ1) is 10.2. The molecule has 2 aromatic heterocycles. The van der Waals surface area contributed by atoms with E-state index in [-0.39, 0.29) is 5.88 Å². The van der Waals surface area contributed by atoms with Gasteiger partial charge in [0.15, 0.2) is 0 Å². The quantitative estimate of drug-likeness (QED) is 0.570. The molecule has 0 radical (unpaired) electrons. The molecular formula is C13H11N5O3. The van der Waals surface area contributed by atoms with Crippen molar-refractivity contribution in [3.8, 4) is 5.69 Å². The Bertz CT molecular complexity index is 734. The van der Waals surface area contributed by atoms with Gasteiger partial charge in [-0.15, -0.1) is 0 Å². The second-order valence-corrected chi connectivity index (χ2v) is 4.24. The highest BCUT2D eigenvalue weighted by atomic mass is 16.6. The fraction of sp³-hybridized carbons (Fsp3) is 0.0769. The fourth-order valence-electron chi connectivity index (χ4n) is 1.82. The average molecular weight is 285 g/mol. The van der Waals surface area contributed by atoms with Crippen molar-refractivity contribution in [1.29, 1.82) is 0 Å². The number of nitrogens with zero attached hydrogens (tertiary/aromatic N) is 4. The van der Waals surface area contributed by atoms with Crippen LogP contribution in [0.4, 0.5) is 11.6 Å². The molecule has 0 atom stereocenters. The second kappa shape index (κ2) is 5.45. The van der Waals surface area contributed by atoms with E-state index in [2.05, 4.69) is 15.4 Å². The van der Waals surface area contributed by atoms with Gasteiger partial charge in [0.25, 0.3) is 0 Å². The number of anilines is 1. The second-order valence-electron chi connectivity index (χ2n) is 4.24. The molecule has 0 aliphatic rings. The lowest BCUT2D eigenvalue weighted by Crippen LogP contribution is -1.99. The maximum absolute atomic E-state index is 10.5. The largest absolute Gasteiger partial charge is 0.433 e. The van der Waals surface area contributed by atoms with Gasteiger partial charge in [-0.05, 0) is 30.3 Å². The molecular weight excluding hydrogens is 274 g/mol. The summed E-state index contributed by atoms with van der Waals surface area (Å²) in [7, 11) is 0. The normalized spacial score (nSPS) is 10.5. The Morgan fingerprint density at radius 1 is 1.24 bits per heavy atom. The first-order valence-corrected chi connectivity index (χ1v) is 6.14. The number of aromatic nitrogens is 3. The Balaban J connectivity index is 1.64. The summed E-state index contributed by atoms with van der Waals surface area (Å²) >= 11 is 0. The molecule has 0 saturated heterocycles. The van der Waals surface area contributed by atoms with Gasteiger partial charge in [-0.3, -0.25) is 10.1 Å². The first kappa shape index (κ1) is 12.9. The van der Waals surface area contributed by atoms with Crippen molar-refractivity contribution < 1.29 is 9.34 Å². The minimum atomic E-state index is -0.559. The van der Waals surface area contributed by atoms with Crippen molar-refractivity contribution in [3.05, 3.63) is 64.9 Å².